The van der Waals surface area contributed by atoms with Crippen molar-refractivity contribution in [3.8, 4) is 0 Å². The number of likely N-dealkylation sites (N-methyl/N-ethyl adjacent to an activating group) is 2. The van der Waals surface area contributed by atoms with Crippen LogP contribution in [0.15, 0.2) is 30.3 Å². The van der Waals surface area contributed by atoms with Crippen LogP contribution >= 0.6 is 0 Å². The lowest BCUT2D eigenvalue weighted by Crippen LogP contribution is -2.59. The van der Waals surface area contributed by atoms with Crippen molar-refractivity contribution in [1.29, 1.82) is 0 Å². The molecule has 1 aliphatic rings. The van der Waals surface area contributed by atoms with Crippen molar-refractivity contribution in [1.82, 2.24) is 62.6 Å². The van der Waals surface area contributed by atoms with Gasteiger partial charge in [-0.15, -0.1) is 0 Å². The Morgan fingerprint density at radius 3 is 1.86 bits per heavy atom. The summed E-state index contributed by atoms with van der Waals surface area (Å²) >= 11 is 0. The summed E-state index contributed by atoms with van der Waals surface area (Å²) in [6.45, 7) is 17.5. The van der Waals surface area contributed by atoms with Gasteiger partial charge < -0.3 is 112 Å². The fourth-order valence-electron chi connectivity index (χ4n) is 13.0. The minimum absolute atomic E-state index is 0.0188. The number of ether oxygens (including phenoxy) is 5. The first-order valence-electron chi connectivity index (χ1n) is 39.4. The number of aliphatic hydroxyl groups excluding tert-OH is 5. The lowest BCUT2D eigenvalue weighted by atomic mass is 9.89. The number of alkyl carbamates (subject to hydrolysis) is 1. The van der Waals surface area contributed by atoms with Crippen LogP contribution in [0.5, 0.6) is 0 Å². The van der Waals surface area contributed by atoms with Gasteiger partial charge in [-0.2, -0.15) is 0 Å². The maximum absolute atomic E-state index is 14.6. The highest BCUT2D eigenvalue weighted by atomic mass is 16.6. The summed E-state index contributed by atoms with van der Waals surface area (Å²) < 4.78 is 28.0. The summed E-state index contributed by atoms with van der Waals surface area (Å²) in [6, 6.07) is 2.55. The maximum atomic E-state index is 14.6. The first-order valence-corrected chi connectivity index (χ1v) is 39.4. The van der Waals surface area contributed by atoms with Crippen molar-refractivity contribution < 1.29 is 121 Å². The van der Waals surface area contributed by atoms with E-state index in [0.717, 1.165) is 5.56 Å². The molecule has 1 aromatic carbocycles. The summed E-state index contributed by atoms with van der Waals surface area (Å²) in [5.41, 5.74) is 0.634. The molecule has 0 unspecified atom stereocenters. The van der Waals surface area contributed by atoms with Crippen LogP contribution in [0.3, 0.4) is 0 Å². The highest BCUT2D eigenvalue weighted by Gasteiger charge is 2.44. The second-order valence-corrected chi connectivity index (χ2v) is 31.3. The molecule has 654 valence electrons. The van der Waals surface area contributed by atoms with Crippen molar-refractivity contribution >= 4 is 82.9 Å². The van der Waals surface area contributed by atoms with Crippen molar-refractivity contribution in [2.24, 2.45) is 35.0 Å². The summed E-state index contributed by atoms with van der Waals surface area (Å²) in [6.07, 6.45) is -11.2. The van der Waals surface area contributed by atoms with Crippen molar-refractivity contribution in [2.75, 3.05) is 108 Å². The molecule has 11 amide bonds. The number of carboxylic acids is 1. The van der Waals surface area contributed by atoms with E-state index in [2.05, 4.69) is 47.9 Å². The van der Waals surface area contributed by atoms with Crippen LogP contribution in [-0.2, 0) is 92.4 Å². The van der Waals surface area contributed by atoms with Gasteiger partial charge in [0.05, 0.1) is 87.7 Å². The zero-order chi connectivity index (χ0) is 87.0. The zero-order valence-electron chi connectivity index (χ0n) is 69.8. The normalized spacial score (nSPS) is 16.9. The third-order valence-electron chi connectivity index (χ3n) is 19.6. The molecule has 0 aliphatic carbocycles. The van der Waals surface area contributed by atoms with E-state index in [9.17, 15) is 92.7 Å². The first kappa shape index (κ1) is 103. The molecule has 2 rings (SSSR count). The fraction of sp³-hybridized carbons (Fsp3) is 0.744. The van der Waals surface area contributed by atoms with E-state index in [4.69, 9.17) is 28.8 Å². The van der Waals surface area contributed by atoms with E-state index in [1.54, 1.807) is 54.1 Å². The number of hydrogen-bond donors (Lipinski definition) is 15. The van der Waals surface area contributed by atoms with Gasteiger partial charge in [-0.05, 0) is 75.4 Å². The van der Waals surface area contributed by atoms with Crippen LogP contribution in [0.25, 0.3) is 0 Å². The van der Waals surface area contributed by atoms with E-state index in [1.165, 1.54) is 21.1 Å². The maximum Gasteiger partial charge on any atom is 0.407 e. The van der Waals surface area contributed by atoms with Gasteiger partial charge in [-0.1, -0.05) is 106 Å². The Labute approximate surface area is 675 Å². The Balaban J connectivity index is 2.00. The Hall–Kier alpha value is -8.56. The summed E-state index contributed by atoms with van der Waals surface area (Å²) in [4.78, 5) is 191. The third-order valence-corrected chi connectivity index (χ3v) is 19.6. The Morgan fingerprint density at radius 1 is 0.643 bits per heavy atom. The number of carbonyl (C=O) groups is 14. The minimum atomic E-state index is -2.07. The molecular weight excluding hydrogens is 1500 g/mol. The molecule has 0 saturated carbocycles. The van der Waals surface area contributed by atoms with Gasteiger partial charge in [0.15, 0.2) is 5.78 Å². The number of amides is 11. The van der Waals surface area contributed by atoms with Gasteiger partial charge in [0.25, 0.3) is 0 Å². The topological polar surface area (TPSA) is 525 Å². The van der Waals surface area contributed by atoms with Crippen LogP contribution in [-0.4, -0.2) is 315 Å². The average molecular weight is 1640 g/mol. The fourth-order valence-corrected chi connectivity index (χ4v) is 13.0. The molecule has 1 heterocycles. The van der Waals surface area contributed by atoms with E-state index in [-0.39, 0.29) is 105 Å². The van der Waals surface area contributed by atoms with Gasteiger partial charge in [0.1, 0.15) is 49.1 Å². The smallest absolute Gasteiger partial charge is 0.407 e. The number of esters is 1. The standard InChI is InChI=1S/C78H132N12O25/c1-17-47(6)66(89(14)74(106)64(45(2)3)87-73(105)65(46(4)5)88(12)13)58(111-15)39-63(99)90-34-21-25-55(90)69(112-16)48(7)70(102)86-54(37-50-23-19-18-20-24-50)72(104)80-31-22-35-114-76(109)49(8)84-61(97)27-26-53(75(107)108)85-62(98)29-33-81-77(110)115-43-51(71(103)83-41-56(93)67(100)68(101)57(94)42-91)38-52(92)40-82-59(95)28-32-79-60(96)30-36-113-44-78(9,10)11/h18-20,23-24,45-49,51,53-58,64-69,91,93-94,100-101H,17,21-22,25-44H2,1-16H3,(H,79,96)(H,80,104)(H,81,110)(H,82,95)(H,83,103)(H,84,97)(H,85,98)(H,86,102)(H,87,105)(H,107,108)/t47-,48+,49-,51-,53-,54-,55-,56-,57+,58+,64-,65-,66-,67+,68+,69+/m0/s1. The van der Waals surface area contributed by atoms with Gasteiger partial charge in [0, 0.05) is 92.5 Å². The van der Waals surface area contributed by atoms with Gasteiger partial charge >= 0.3 is 18.0 Å². The summed E-state index contributed by atoms with van der Waals surface area (Å²) in [5.74, 6) is -11.6. The summed E-state index contributed by atoms with van der Waals surface area (Å²) in [5, 5.41) is 81.8. The number of ketones is 1. The van der Waals surface area contributed by atoms with Crippen LogP contribution in [0.2, 0.25) is 0 Å². The van der Waals surface area contributed by atoms with Crippen LogP contribution in [0.1, 0.15) is 152 Å². The number of methoxy groups -OCH3 is 2. The van der Waals surface area contributed by atoms with Crippen LogP contribution in [0.4, 0.5) is 4.79 Å². The average Bonchev–Trinajstić information content (AvgIpc) is 1.64. The van der Waals surface area contributed by atoms with E-state index >= 15 is 0 Å². The van der Waals surface area contributed by atoms with Gasteiger partial charge in [-0.25, -0.2) is 14.4 Å². The summed E-state index contributed by atoms with van der Waals surface area (Å²) in [7, 11) is 8.25. The van der Waals surface area contributed by atoms with E-state index < -0.39 is 209 Å². The number of Topliss-reactive ketones (excluding diaryl/α,β-unsaturated/α-hetero) is 1. The molecule has 15 N–H and O–H groups in total. The molecule has 0 spiro atoms. The zero-order valence-corrected chi connectivity index (χ0v) is 69.8. The molecule has 16 atom stereocenters. The number of nitrogens with zero attached hydrogens (tertiary/aromatic N) is 3. The molecule has 115 heavy (non-hydrogen) atoms. The number of aliphatic hydroxyl groups is 5. The quantitative estimate of drug-likeness (QED) is 0.0263. The molecule has 37 nitrogen and oxygen atoms in total. The number of carboxylic acid groups (broad SMARTS) is 1. The molecule has 1 aromatic rings. The number of carbonyl (C=O) groups excluding carboxylic acids is 13. The predicted octanol–water partition coefficient (Wildman–Crippen LogP) is -1.42. The molecule has 0 bridgehead atoms. The number of hydrogen-bond acceptors (Lipinski definition) is 25. The second kappa shape index (κ2) is 52.9. The van der Waals surface area contributed by atoms with Crippen molar-refractivity contribution in [3.63, 3.8) is 0 Å². The van der Waals surface area contributed by atoms with E-state index in [1.807, 2.05) is 81.3 Å². The monoisotopic (exact) mass is 1640 g/mol. The number of benzene rings is 1. The number of aliphatic carboxylic acids is 1. The molecule has 0 aromatic heterocycles. The van der Waals surface area contributed by atoms with Gasteiger partial charge in [-0.3, -0.25) is 57.6 Å². The highest BCUT2D eigenvalue weighted by Crippen LogP contribution is 2.30. The molecule has 1 saturated heterocycles. The van der Waals surface area contributed by atoms with Crippen molar-refractivity contribution in [3.05, 3.63) is 35.9 Å². The molecule has 1 fully saturated rings. The van der Waals surface area contributed by atoms with Crippen molar-refractivity contribution in [2.45, 2.75) is 232 Å². The highest BCUT2D eigenvalue weighted by molar-refractivity contribution is 5.93. The minimum Gasteiger partial charge on any atom is -0.480 e. The Kier molecular flexibility index (Phi) is 47.2. The predicted molar refractivity (Wildman–Crippen MR) is 419 cm³/mol. The third kappa shape index (κ3) is 37.5. The van der Waals surface area contributed by atoms with Gasteiger partial charge in [0.2, 0.25) is 59.1 Å². The number of likely N-dealkylation sites (tertiary alicyclic amines) is 1. The number of rotatable bonds is 55. The Bertz CT molecular complexity index is 3250. The molecular formula is C78H132N12O25. The molecule has 1 aliphatic heterocycles. The largest absolute Gasteiger partial charge is 0.480 e. The Morgan fingerprint density at radius 2 is 1.27 bits per heavy atom. The molecule has 37 heteroatoms. The van der Waals surface area contributed by atoms with Crippen LogP contribution in [0, 0.1) is 35.0 Å². The SMILES string of the molecule is CC[C@H](C)[C@@H]([C@@H](CC(=O)N1CCC[C@H]1[C@H](OC)[C@@H](C)C(=O)N[C@@H](Cc1ccccc1)C(=O)NCCCOC(=O)[C@H](C)NC(=O)CC[C@H](NC(=O)CCNC(=O)OC[C@H](CC(=O)CNC(=O)CCNC(=O)CCOCC(C)(C)C)C(=O)NC[C@H](O)[C@@H](O)[C@H](O)[C@H](O)CO)C(=O)O)OC)N(C)C(=O)[C@@H](NC(=O)[C@H](C(C)C)N(C)C)C(C)C. The van der Waals surface area contributed by atoms with Crippen LogP contribution < -0.4 is 47.9 Å². The lowest BCUT2D eigenvalue weighted by Gasteiger charge is -2.41. The molecule has 0 radical (unpaired) electrons. The lowest BCUT2D eigenvalue weighted by molar-refractivity contribution is -0.148. The second-order valence-electron chi connectivity index (χ2n) is 31.3. The first-order chi connectivity index (χ1) is 54.0. The van der Waals surface area contributed by atoms with E-state index in [0.29, 0.717) is 32.4 Å². The number of nitrogens with one attached hydrogen (secondary N) is 9.